The second kappa shape index (κ2) is 7.52. The molecule has 28 heavy (non-hydrogen) atoms. The summed E-state index contributed by atoms with van der Waals surface area (Å²) in [5.41, 5.74) is 3.09. The standard InChI is InChI=1S/C21H19FN4OS/c1-3-18(15-5-4-10-23-11-15)25(2)20(27)19-13-28-21-24-17(12-26(19)21)14-6-8-16(22)9-7-14/h4-13,18H,3H2,1-2H3/t18-/m1/s1. The smallest absolute Gasteiger partial charge is 0.272 e. The summed E-state index contributed by atoms with van der Waals surface area (Å²) < 4.78 is 15.0. The van der Waals surface area contributed by atoms with E-state index in [2.05, 4.69) is 16.9 Å². The number of imidazole rings is 1. The Labute approximate surface area is 166 Å². The molecule has 1 aromatic carbocycles. The summed E-state index contributed by atoms with van der Waals surface area (Å²) in [4.78, 5) is 24.4. The maximum Gasteiger partial charge on any atom is 0.272 e. The van der Waals surface area contributed by atoms with E-state index in [9.17, 15) is 9.18 Å². The summed E-state index contributed by atoms with van der Waals surface area (Å²) in [5, 5.41) is 1.82. The second-order valence-corrected chi connectivity index (χ2v) is 7.37. The third kappa shape index (κ3) is 3.29. The van der Waals surface area contributed by atoms with Crippen LogP contribution in [0, 0.1) is 5.82 Å². The first-order valence-corrected chi connectivity index (χ1v) is 9.86. The number of nitrogens with zero attached hydrogens (tertiary/aromatic N) is 4. The highest BCUT2D eigenvalue weighted by atomic mass is 32.1. The fourth-order valence-electron chi connectivity index (χ4n) is 3.33. The fourth-order valence-corrected chi connectivity index (χ4v) is 4.17. The quantitative estimate of drug-likeness (QED) is 0.488. The van der Waals surface area contributed by atoms with E-state index in [1.807, 2.05) is 30.8 Å². The molecule has 0 N–H and O–H groups in total. The Morgan fingerprint density at radius 3 is 2.75 bits per heavy atom. The molecule has 0 unspecified atom stereocenters. The van der Waals surface area contributed by atoms with Gasteiger partial charge >= 0.3 is 0 Å². The van der Waals surface area contributed by atoms with Crippen molar-refractivity contribution >= 4 is 22.2 Å². The van der Waals surface area contributed by atoms with Crippen molar-refractivity contribution in [1.82, 2.24) is 19.3 Å². The van der Waals surface area contributed by atoms with E-state index in [1.165, 1.54) is 23.5 Å². The molecule has 5 nitrogen and oxygen atoms in total. The van der Waals surface area contributed by atoms with Crippen molar-refractivity contribution in [2.24, 2.45) is 0 Å². The van der Waals surface area contributed by atoms with Gasteiger partial charge in [0.2, 0.25) is 0 Å². The molecule has 0 radical (unpaired) electrons. The van der Waals surface area contributed by atoms with Crippen LogP contribution in [0.4, 0.5) is 4.39 Å². The van der Waals surface area contributed by atoms with Crippen molar-refractivity contribution in [2.75, 3.05) is 7.05 Å². The number of thiazole rings is 1. The number of fused-ring (bicyclic) bond motifs is 1. The first-order chi connectivity index (χ1) is 13.6. The monoisotopic (exact) mass is 394 g/mol. The van der Waals surface area contributed by atoms with E-state index in [-0.39, 0.29) is 17.8 Å². The van der Waals surface area contributed by atoms with E-state index >= 15 is 0 Å². The topological polar surface area (TPSA) is 50.5 Å². The van der Waals surface area contributed by atoms with Crippen LogP contribution >= 0.6 is 11.3 Å². The van der Waals surface area contributed by atoms with E-state index in [4.69, 9.17) is 0 Å². The summed E-state index contributed by atoms with van der Waals surface area (Å²) >= 11 is 1.41. The summed E-state index contributed by atoms with van der Waals surface area (Å²) in [6, 6.07) is 9.99. The van der Waals surface area contributed by atoms with Crippen LogP contribution < -0.4 is 0 Å². The summed E-state index contributed by atoms with van der Waals surface area (Å²) in [5.74, 6) is -0.367. The molecular weight excluding hydrogens is 375 g/mol. The van der Waals surface area contributed by atoms with Gasteiger partial charge in [-0.1, -0.05) is 13.0 Å². The average molecular weight is 394 g/mol. The number of aromatic nitrogens is 3. The molecule has 0 saturated heterocycles. The number of carbonyl (C=O) groups excluding carboxylic acids is 1. The normalized spacial score (nSPS) is 12.2. The number of pyridine rings is 1. The van der Waals surface area contributed by atoms with Gasteiger partial charge in [0.25, 0.3) is 5.91 Å². The zero-order valence-electron chi connectivity index (χ0n) is 15.5. The Hall–Kier alpha value is -3.06. The molecule has 1 amide bonds. The maximum atomic E-state index is 13.2. The second-order valence-electron chi connectivity index (χ2n) is 6.53. The minimum atomic E-state index is -0.289. The Balaban J connectivity index is 1.66. The van der Waals surface area contributed by atoms with E-state index in [0.717, 1.165) is 22.5 Å². The van der Waals surface area contributed by atoms with Gasteiger partial charge in [0, 0.05) is 36.6 Å². The molecule has 0 aliphatic carbocycles. The predicted molar refractivity (Wildman–Crippen MR) is 108 cm³/mol. The van der Waals surface area contributed by atoms with Crippen molar-refractivity contribution in [3.8, 4) is 11.3 Å². The van der Waals surface area contributed by atoms with Crippen LogP contribution in [0.15, 0.2) is 60.4 Å². The minimum absolute atomic E-state index is 0.0590. The van der Waals surface area contributed by atoms with Crippen LogP contribution in [-0.2, 0) is 0 Å². The first kappa shape index (κ1) is 18.3. The highest BCUT2D eigenvalue weighted by Gasteiger charge is 2.24. The van der Waals surface area contributed by atoms with Gasteiger partial charge in [-0.3, -0.25) is 14.2 Å². The molecule has 7 heteroatoms. The molecule has 0 fully saturated rings. The predicted octanol–water partition coefficient (Wildman–Crippen LogP) is 4.82. The molecular formula is C21H19FN4OS. The van der Waals surface area contributed by atoms with Crippen LogP contribution in [0.5, 0.6) is 0 Å². The molecule has 142 valence electrons. The molecule has 0 aliphatic heterocycles. The molecule has 0 saturated carbocycles. The molecule has 4 rings (SSSR count). The zero-order chi connectivity index (χ0) is 19.7. The Morgan fingerprint density at radius 2 is 2.07 bits per heavy atom. The number of halogens is 1. The molecule has 0 aliphatic rings. The third-order valence-corrected chi connectivity index (χ3v) is 5.65. The van der Waals surface area contributed by atoms with E-state index < -0.39 is 0 Å². The van der Waals surface area contributed by atoms with Gasteiger partial charge < -0.3 is 4.90 Å². The zero-order valence-corrected chi connectivity index (χ0v) is 16.4. The van der Waals surface area contributed by atoms with Gasteiger partial charge in [0.15, 0.2) is 4.96 Å². The van der Waals surface area contributed by atoms with Gasteiger partial charge in [0.05, 0.1) is 11.7 Å². The van der Waals surface area contributed by atoms with Crippen molar-refractivity contribution in [3.63, 3.8) is 0 Å². The Bertz CT molecular complexity index is 1100. The number of benzene rings is 1. The van der Waals surface area contributed by atoms with Gasteiger partial charge in [-0.2, -0.15) is 0 Å². The fraction of sp³-hybridized carbons (Fsp3) is 0.190. The lowest BCUT2D eigenvalue weighted by Gasteiger charge is -2.27. The minimum Gasteiger partial charge on any atom is -0.333 e. The van der Waals surface area contributed by atoms with Crippen LogP contribution in [0.25, 0.3) is 16.2 Å². The van der Waals surface area contributed by atoms with Gasteiger partial charge in [-0.25, -0.2) is 9.37 Å². The van der Waals surface area contributed by atoms with Gasteiger partial charge in [0.1, 0.15) is 11.5 Å². The number of amides is 1. The van der Waals surface area contributed by atoms with Crippen molar-refractivity contribution in [2.45, 2.75) is 19.4 Å². The summed E-state index contributed by atoms with van der Waals surface area (Å²) in [6.07, 6.45) is 6.13. The average Bonchev–Trinajstić information content (AvgIpc) is 3.30. The highest BCUT2D eigenvalue weighted by molar-refractivity contribution is 7.15. The molecule has 0 spiro atoms. The van der Waals surface area contributed by atoms with E-state index in [0.29, 0.717) is 11.4 Å². The molecule has 4 aromatic rings. The summed E-state index contributed by atoms with van der Waals surface area (Å²) in [6.45, 7) is 2.05. The lowest BCUT2D eigenvalue weighted by molar-refractivity contribution is 0.0719. The molecule has 1 atom stereocenters. The Kier molecular flexibility index (Phi) is 4.92. The largest absolute Gasteiger partial charge is 0.333 e. The van der Waals surface area contributed by atoms with Crippen molar-refractivity contribution in [1.29, 1.82) is 0 Å². The maximum absolute atomic E-state index is 13.2. The highest BCUT2D eigenvalue weighted by Crippen LogP contribution is 2.27. The molecule has 3 heterocycles. The molecule has 0 bridgehead atoms. The van der Waals surface area contributed by atoms with Gasteiger partial charge in [-0.15, -0.1) is 11.3 Å². The first-order valence-electron chi connectivity index (χ1n) is 8.98. The number of carbonyl (C=O) groups is 1. The Morgan fingerprint density at radius 1 is 1.29 bits per heavy atom. The third-order valence-electron chi connectivity index (χ3n) is 4.81. The SMILES string of the molecule is CC[C@H](c1cccnc1)N(C)C(=O)c1csc2nc(-c3ccc(F)cc3)cn12. The lowest BCUT2D eigenvalue weighted by atomic mass is 10.1. The van der Waals surface area contributed by atoms with Crippen molar-refractivity contribution < 1.29 is 9.18 Å². The lowest BCUT2D eigenvalue weighted by Crippen LogP contribution is -2.31. The number of hydrogen-bond donors (Lipinski definition) is 0. The van der Waals surface area contributed by atoms with Crippen LogP contribution in [0.1, 0.15) is 35.4 Å². The van der Waals surface area contributed by atoms with Crippen LogP contribution in [-0.4, -0.2) is 32.2 Å². The van der Waals surface area contributed by atoms with Crippen molar-refractivity contribution in [3.05, 3.63) is 77.4 Å². The van der Waals surface area contributed by atoms with Crippen LogP contribution in [0.3, 0.4) is 0 Å². The summed E-state index contributed by atoms with van der Waals surface area (Å²) in [7, 11) is 1.81. The molecule has 3 aromatic heterocycles. The van der Waals surface area contributed by atoms with E-state index in [1.54, 1.807) is 33.8 Å². The number of rotatable bonds is 5. The number of hydrogen-bond acceptors (Lipinski definition) is 4. The van der Waals surface area contributed by atoms with Gasteiger partial charge in [-0.05, 0) is 42.3 Å². The van der Waals surface area contributed by atoms with Crippen LogP contribution in [0.2, 0.25) is 0 Å².